The van der Waals surface area contributed by atoms with Crippen molar-refractivity contribution in [1.82, 2.24) is 25.7 Å². The highest BCUT2D eigenvalue weighted by Crippen LogP contribution is 2.18. The molecule has 94 valence electrons. The van der Waals surface area contributed by atoms with E-state index >= 15 is 0 Å². The third-order valence-corrected chi connectivity index (χ3v) is 3.52. The lowest BCUT2D eigenvalue weighted by Gasteiger charge is -2.12. The number of amides is 1. The molecule has 1 amide bonds. The van der Waals surface area contributed by atoms with Crippen LogP contribution in [0.15, 0.2) is 0 Å². The molecule has 0 aromatic carbocycles. The van der Waals surface area contributed by atoms with Gasteiger partial charge in [0.1, 0.15) is 5.01 Å². The van der Waals surface area contributed by atoms with Gasteiger partial charge < -0.3 is 5.32 Å². The fourth-order valence-corrected chi connectivity index (χ4v) is 2.50. The molecule has 2 aromatic rings. The molecular formula is C10H12N6OS. The van der Waals surface area contributed by atoms with Crippen LogP contribution >= 0.6 is 11.3 Å². The van der Waals surface area contributed by atoms with Gasteiger partial charge in [0.2, 0.25) is 5.13 Å². The number of rotatable bonds is 2. The van der Waals surface area contributed by atoms with Crippen molar-refractivity contribution < 1.29 is 4.79 Å². The van der Waals surface area contributed by atoms with Gasteiger partial charge in [0, 0.05) is 30.8 Å². The largest absolute Gasteiger partial charge is 0.312 e. The van der Waals surface area contributed by atoms with Gasteiger partial charge in [-0.25, -0.2) is 0 Å². The molecule has 0 bridgehead atoms. The number of anilines is 1. The van der Waals surface area contributed by atoms with Crippen molar-refractivity contribution in [3.8, 4) is 0 Å². The number of nitrogens with zero attached hydrogens (tertiary/aromatic N) is 3. The molecule has 3 N–H and O–H groups in total. The van der Waals surface area contributed by atoms with Crippen LogP contribution in [0.5, 0.6) is 0 Å². The van der Waals surface area contributed by atoms with Gasteiger partial charge in [0.15, 0.2) is 5.69 Å². The first kappa shape index (κ1) is 11.3. The lowest BCUT2D eigenvalue weighted by molar-refractivity contribution is 0.102. The SMILES string of the molecule is Cc1nnc(NC(=O)c2n[nH]c3c2CNCC3)s1. The fraction of sp³-hybridized carbons (Fsp3) is 0.400. The maximum atomic E-state index is 12.1. The summed E-state index contributed by atoms with van der Waals surface area (Å²) >= 11 is 1.34. The zero-order valence-electron chi connectivity index (χ0n) is 9.78. The predicted molar refractivity (Wildman–Crippen MR) is 66.6 cm³/mol. The van der Waals surface area contributed by atoms with Gasteiger partial charge in [-0.1, -0.05) is 11.3 Å². The third-order valence-electron chi connectivity index (χ3n) is 2.77. The topological polar surface area (TPSA) is 95.6 Å². The minimum Gasteiger partial charge on any atom is -0.312 e. The molecule has 3 heterocycles. The number of carbonyl (C=O) groups is 1. The van der Waals surface area contributed by atoms with Gasteiger partial charge in [-0.15, -0.1) is 10.2 Å². The molecule has 0 saturated heterocycles. The van der Waals surface area contributed by atoms with Gasteiger partial charge >= 0.3 is 0 Å². The van der Waals surface area contributed by atoms with Crippen molar-refractivity contribution in [2.24, 2.45) is 0 Å². The van der Waals surface area contributed by atoms with Crippen LogP contribution in [-0.4, -0.2) is 32.8 Å². The standard InChI is InChI=1S/C10H12N6OS/c1-5-13-16-10(18-5)12-9(17)8-6-4-11-3-2-7(6)14-15-8/h11H,2-4H2,1H3,(H,14,15)(H,12,16,17). The summed E-state index contributed by atoms with van der Waals surface area (Å²) < 4.78 is 0. The Morgan fingerprint density at radius 3 is 3.11 bits per heavy atom. The number of nitrogens with one attached hydrogen (secondary N) is 3. The van der Waals surface area contributed by atoms with Gasteiger partial charge in [-0.2, -0.15) is 5.10 Å². The van der Waals surface area contributed by atoms with Crippen molar-refractivity contribution >= 4 is 22.4 Å². The number of aromatic nitrogens is 4. The Morgan fingerprint density at radius 2 is 2.33 bits per heavy atom. The van der Waals surface area contributed by atoms with E-state index < -0.39 is 0 Å². The minimum absolute atomic E-state index is 0.243. The molecule has 0 fully saturated rings. The molecule has 1 aliphatic heterocycles. The van der Waals surface area contributed by atoms with E-state index in [1.165, 1.54) is 11.3 Å². The Labute approximate surface area is 107 Å². The van der Waals surface area contributed by atoms with Crippen molar-refractivity contribution in [2.45, 2.75) is 19.9 Å². The summed E-state index contributed by atoms with van der Waals surface area (Å²) in [6.45, 7) is 3.42. The molecule has 0 aliphatic carbocycles. The van der Waals surface area contributed by atoms with Crippen molar-refractivity contribution in [3.05, 3.63) is 22.0 Å². The number of hydrogen-bond acceptors (Lipinski definition) is 6. The van der Waals surface area contributed by atoms with Crippen LogP contribution in [-0.2, 0) is 13.0 Å². The Bertz CT molecular complexity index is 589. The Hall–Kier alpha value is -1.80. The summed E-state index contributed by atoms with van der Waals surface area (Å²) in [6, 6.07) is 0. The first-order chi connectivity index (χ1) is 8.74. The molecule has 3 rings (SSSR count). The quantitative estimate of drug-likeness (QED) is 0.732. The van der Waals surface area contributed by atoms with E-state index in [9.17, 15) is 4.79 Å². The highest BCUT2D eigenvalue weighted by atomic mass is 32.1. The summed E-state index contributed by atoms with van der Waals surface area (Å²) in [6.07, 6.45) is 0.869. The second kappa shape index (κ2) is 4.46. The van der Waals surface area contributed by atoms with E-state index in [0.29, 0.717) is 17.4 Å². The number of carbonyl (C=O) groups excluding carboxylic acids is 1. The fourth-order valence-electron chi connectivity index (χ4n) is 1.92. The summed E-state index contributed by atoms with van der Waals surface area (Å²) in [5.74, 6) is -0.243. The Morgan fingerprint density at radius 1 is 1.44 bits per heavy atom. The number of aromatic amines is 1. The van der Waals surface area contributed by atoms with Crippen molar-refractivity contribution in [1.29, 1.82) is 0 Å². The normalized spacial score (nSPS) is 14.3. The lowest BCUT2D eigenvalue weighted by atomic mass is 10.1. The van der Waals surface area contributed by atoms with Gasteiger partial charge in [0.25, 0.3) is 5.91 Å². The Kier molecular flexibility index (Phi) is 2.80. The van der Waals surface area contributed by atoms with Crippen LogP contribution < -0.4 is 10.6 Å². The molecule has 7 nitrogen and oxygen atoms in total. The van der Waals surface area contributed by atoms with Crippen LogP contribution in [0.2, 0.25) is 0 Å². The van der Waals surface area contributed by atoms with E-state index in [1.807, 2.05) is 6.92 Å². The molecule has 8 heteroatoms. The van der Waals surface area contributed by atoms with Crippen molar-refractivity contribution in [3.63, 3.8) is 0 Å². The molecule has 18 heavy (non-hydrogen) atoms. The first-order valence-electron chi connectivity index (χ1n) is 5.62. The first-order valence-corrected chi connectivity index (χ1v) is 6.44. The summed E-state index contributed by atoms with van der Waals surface area (Å²) in [4.78, 5) is 12.1. The molecule has 1 aliphatic rings. The highest BCUT2D eigenvalue weighted by molar-refractivity contribution is 7.15. The maximum absolute atomic E-state index is 12.1. The van der Waals surface area contributed by atoms with Gasteiger partial charge in [-0.05, 0) is 6.92 Å². The predicted octanol–water partition coefficient (Wildman–Crippen LogP) is 0.468. The minimum atomic E-state index is -0.243. The highest BCUT2D eigenvalue weighted by Gasteiger charge is 2.22. The summed E-state index contributed by atoms with van der Waals surface area (Å²) in [7, 11) is 0. The van der Waals surface area contributed by atoms with E-state index in [1.54, 1.807) is 0 Å². The van der Waals surface area contributed by atoms with E-state index in [4.69, 9.17) is 0 Å². The lowest BCUT2D eigenvalue weighted by Crippen LogP contribution is -2.25. The number of H-pyrrole nitrogens is 1. The van der Waals surface area contributed by atoms with Crippen LogP contribution in [0.4, 0.5) is 5.13 Å². The molecule has 0 saturated carbocycles. The number of hydrogen-bond donors (Lipinski definition) is 3. The molecule has 0 atom stereocenters. The Balaban J connectivity index is 1.82. The van der Waals surface area contributed by atoms with Crippen molar-refractivity contribution in [2.75, 3.05) is 11.9 Å². The molecule has 0 spiro atoms. The zero-order chi connectivity index (χ0) is 12.5. The summed E-state index contributed by atoms with van der Waals surface area (Å²) in [5, 5.41) is 22.0. The third kappa shape index (κ3) is 2.00. The molecule has 0 unspecified atom stereocenters. The molecular weight excluding hydrogens is 252 g/mol. The smallest absolute Gasteiger partial charge is 0.278 e. The summed E-state index contributed by atoms with van der Waals surface area (Å²) in [5.41, 5.74) is 2.41. The van der Waals surface area contributed by atoms with E-state index in [0.717, 1.165) is 29.2 Å². The van der Waals surface area contributed by atoms with E-state index in [-0.39, 0.29) is 5.91 Å². The molecule has 2 aromatic heterocycles. The van der Waals surface area contributed by atoms with Crippen LogP contribution in [0.3, 0.4) is 0 Å². The maximum Gasteiger partial charge on any atom is 0.278 e. The number of fused-ring (bicyclic) bond motifs is 1. The van der Waals surface area contributed by atoms with Crippen LogP contribution in [0.1, 0.15) is 26.8 Å². The second-order valence-electron chi connectivity index (χ2n) is 4.04. The van der Waals surface area contributed by atoms with Gasteiger partial charge in [0.05, 0.1) is 0 Å². The van der Waals surface area contributed by atoms with Crippen LogP contribution in [0.25, 0.3) is 0 Å². The van der Waals surface area contributed by atoms with Crippen LogP contribution in [0, 0.1) is 6.92 Å². The average Bonchev–Trinajstić information content (AvgIpc) is 2.95. The average molecular weight is 264 g/mol. The zero-order valence-corrected chi connectivity index (χ0v) is 10.6. The van der Waals surface area contributed by atoms with E-state index in [2.05, 4.69) is 31.0 Å². The second-order valence-corrected chi connectivity index (χ2v) is 5.22. The molecule has 0 radical (unpaired) electrons. The van der Waals surface area contributed by atoms with Gasteiger partial charge in [-0.3, -0.25) is 15.2 Å². The monoisotopic (exact) mass is 264 g/mol. The number of aryl methyl sites for hydroxylation is 1.